The number of rotatable bonds is 5. The lowest BCUT2D eigenvalue weighted by Gasteiger charge is -2.13. The number of hydrogen-bond acceptors (Lipinski definition) is 3. The quantitative estimate of drug-likeness (QED) is 0.793. The SMILES string of the molecule is CCCOc1cccc(Nc2ccc(F)c(Cl)c2)c1N. The summed E-state index contributed by atoms with van der Waals surface area (Å²) in [6, 6.07) is 9.89. The third-order valence-corrected chi connectivity index (χ3v) is 3.02. The summed E-state index contributed by atoms with van der Waals surface area (Å²) in [5, 5.41) is 3.16. The summed E-state index contributed by atoms with van der Waals surface area (Å²) in [6.45, 7) is 2.63. The van der Waals surface area contributed by atoms with Gasteiger partial charge < -0.3 is 15.8 Å². The first-order chi connectivity index (χ1) is 9.61. The monoisotopic (exact) mass is 294 g/mol. The van der Waals surface area contributed by atoms with Crippen LogP contribution in [0.15, 0.2) is 36.4 Å². The Kier molecular flexibility index (Phi) is 4.69. The average Bonchev–Trinajstić information content (AvgIpc) is 2.44. The fraction of sp³-hybridized carbons (Fsp3) is 0.200. The molecule has 20 heavy (non-hydrogen) atoms. The van der Waals surface area contributed by atoms with Crippen LogP contribution in [0, 0.1) is 5.82 Å². The van der Waals surface area contributed by atoms with Gasteiger partial charge in [-0.05, 0) is 36.8 Å². The molecule has 0 saturated heterocycles. The lowest BCUT2D eigenvalue weighted by molar-refractivity contribution is 0.319. The summed E-state index contributed by atoms with van der Waals surface area (Å²) in [7, 11) is 0. The van der Waals surface area contributed by atoms with Gasteiger partial charge in [-0.2, -0.15) is 0 Å². The van der Waals surface area contributed by atoms with E-state index in [0.717, 1.165) is 6.42 Å². The van der Waals surface area contributed by atoms with Crippen molar-refractivity contribution < 1.29 is 9.13 Å². The van der Waals surface area contributed by atoms with Gasteiger partial charge >= 0.3 is 0 Å². The molecule has 0 aliphatic heterocycles. The molecule has 0 aliphatic carbocycles. The minimum absolute atomic E-state index is 0.0620. The first-order valence-electron chi connectivity index (χ1n) is 6.35. The molecule has 0 aromatic heterocycles. The van der Waals surface area contributed by atoms with Gasteiger partial charge in [0.25, 0.3) is 0 Å². The molecule has 0 amide bonds. The van der Waals surface area contributed by atoms with Crippen LogP contribution in [0.2, 0.25) is 5.02 Å². The fourth-order valence-corrected chi connectivity index (χ4v) is 1.90. The van der Waals surface area contributed by atoms with Gasteiger partial charge in [0.15, 0.2) is 0 Å². The van der Waals surface area contributed by atoms with Crippen LogP contribution in [0.4, 0.5) is 21.5 Å². The van der Waals surface area contributed by atoms with E-state index in [4.69, 9.17) is 22.1 Å². The minimum Gasteiger partial charge on any atom is -0.491 e. The Balaban J connectivity index is 2.22. The number of para-hydroxylation sites is 1. The normalized spacial score (nSPS) is 10.3. The Morgan fingerprint density at radius 1 is 1.30 bits per heavy atom. The number of nitrogens with one attached hydrogen (secondary N) is 1. The zero-order valence-electron chi connectivity index (χ0n) is 11.1. The predicted molar refractivity (Wildman–Crippen MR) is 81.3 cm³/mol. The lowest BCUT2D eigenvalue weighted by Crippen LogP contribution is -2.02. The van der Waals surface area contributed by atoms with Crippen molar-refractivity contribution in [2.45, 2.75) is 13.3 Å². The van der Waals surface area contributed by atoms with Gasteiger partial charge in [0, 0.05) is 5.69 Å². The number of ether oxygens (including phenoxy) is 1. The molecule has 0 atom stereocenters. The van der Waals surface area contributed by atoms with Crippen LogP contribution >= 0.6 is 11.6 Å². The average molecular weight is 295 g/mol. The topological polar surface area (TPSA) is 47.3 Å². The molecule has 0 saturated carbocycles. The van der Waals surface area contributed by atoms with E-state index < -0.39 is 5.82 Å². The molecule has 0 fully saturated rings. The maximum atomic E-state index is 13.1. The van der Waals surface area contributed by atoms with E-state index in [-0.39, 0.29) is 5.02 Å². The number of benzene rings is 2. The molecule has 0 bridgehead atoms. The number of anilines is 3. The van der Waals surface area contributed by atoms with Crippen molar-refractivity contribution in [3.05, 3.63) is 47.2 Å². The molecule has 5 heteroatoms. The number of halogens is 2. The van der Waals surface area contributed by atoms with E-state index in [1.54, 1.807) is 6.07 Å². The smallest absolute Gasteiger partial charge is 0.144 e. The molecule has 2 aromatic rings. The zero-order chi connectivity index (χ0) is 14.5. The molecule has 0 spiro atoms. The molecule has 2 aromatic carbocycles. The Labute approximate surface area is 122 Å². The molecule has 0 radical (unpaired) electrons. The number of hydrogen-bond donors (Lipinski definition) is 2. The molecule has 2 rings (SSSR count). The highest BCUT2D eigenvalue weighted by Gasteiger charge is 2.07. The van der Waals surface area contributed by atoms with Crippen LogP contribution < -0.4 is 15.8 Å². The number of nitrogens with two attached hydrogens (primary N) is 1. The highest BCUT2D eigenvalue weighted by molar-refractivity contribution is 6.31. The van der Waals surface area contributed by atoms with Crippen LogP contribution in [0.25, 0.3) is 0 Å². The summed E-state index contributed by atoms with van der Waals surface area (Å²) < 4.78 is 18.7. The third-order valence-electron chi connectivity index (χ3n) is 2.73. The standard InChI is InChI=1S/C15H16ClFN2O/c1-2-8-20-14-5-3-4-13(15(14)18)19-10-6-7-12(17)11(16)9-10/h3-7,9,19H,2,8,18H2,1H3. The van der Waals surface area contributed by atoms with E-state index in [9.17, 15) is 4.39 Å². The van der Waals surface area contributed by atoms with Gasteiger partial charge in [-0.1, -0.05) is 24.6 Å². The molecule has 106 valence electrons. The molecular weight excluding hydrogens is 279 g/mol. The molecule has 3 nitrogen and oxygen atoms in total. The zero-order valence-corrected chi connectivity index (χ0v) is 11.9. The second-order valence-corrected chi connectivity index (χ2v) is 4.73. The summed E-state index contributed by atoms with van der Waals surface area (Å²) >= 11 is 5.75. The maximum Gasteiger partial charge on any atom is 0.144 e. The van der Waals surface area contributed by atoms with Crippen molar-refractivity contribution in [2.75, 3.05) is 17.7 Å². The van der Waals surface area contributed by atoms with Gasteiger partial charge in [0.2, 0.25) is 0 Å². The van der Waals surface area contributed by atoms with Crippen LogP contribution in [-0.2, 0) is 0 Å². The van der Waals surface area contributed by atoms with E-state index in [1.165, 1.54) is 12.1 Å². The first kappa shape index (κ1) is 14.5. The van der Waals surface area contributed by atoms with Gasteiger partial charge in [-0.25, -0.2) is 4.39 Å². The van der Waals surface area contributed by atoms with Crippen molar-refractivity contribution in [3.63, 3.8) is 0 Å². The Morgan fingerprint density at radius 2 is 2.10 bits per heavy atom. The van der Waals surface area contributed by atoms with Gasteiger partial charge in [-0.3, -0.25) is 0 Å². The predicted octanol–water partition coefficient (Wildman–Crippen LogP) is 4.59. The van der Waals surface area contributed by atoms with Gasteiger partial charge in [0.05, 0.1) is 23.0 Å². The Morgan fingerprint density at radius 3 is 2.80 bits per heavy atom. The number of nitrogen functional groups attached to an aromatic ring is 1. The molecule has 0 heterocycles. The van der Waals surface area contributed by atoms with E-state index >= 15 is 0 Å². The molecule has 0 aliphatic rings. The second-order valence-electron chi connectivity index (χ2n) is 4.32. The summed E-state index contributed by atoms with van der Waals surface area (Å²) in [6.07, 6.45) is 0.907. The van der Waals surface area contributed by atoms with Crippen molar-refractivity contribution >= 4 is 28.7 Å². The van der Waals surface area contributed by atoms with Crippen LogP contribution in [0.3, 0.4) is 0 Å². The van der Waals surface area contributed by atoms with E-state index in [1.807, 2.05) is 25.1 Å². The molecule has 0 unspecified atom stereocenters. The second kappa shape index (κ2) is 6.48. The van der Waals surface area contributed by atoms with E-state index in [0.29, 0.717) is 29.4 Å². The van der Waals surface area contributed by atoms with Crippen LogP contribution in [0.5, 0.6) is 5.75 Å². The largest absolute Gasteiger partial charge is 0.491 e. The maximum absolute atomic E-state index is 13.1. The Bertz CT molecular complexity index is 604. The third kappa shape index (κ3) is 3.33. The summed E-state index contributed by atoms with van der Waals surface area (Å²) in [5.74, 6) is 0.176. The van der Waals surface area contributed by atoms with Crippen molar-refractivity contribution in [2.24, 2.45) is 0 Å². The van der Waals surface area contributed by atoms with Crippen molar-refractivity contribution in [1.29, 1.82) is 0 Å². The minimum atomic E-state index is -0.454. The lowest BCUT2D eigenvalue weighted by atomic mass is 10.2. The highest BCUT2D eigenvalue weighted by atomic mass is 35.5. The van der Waals surface area contributed by atoms with Crippen molar-refractivity contribution in [1.82, 2.24) is 0 Å². The molecular formula is C15H16ClFN2O. The van der Waals surface area contributed by atoms with Crippen molar-refractivity contribution in [3.8, 4) is 5.75 Å². The van der Waals surface area contributed by atoms with Gasteiger partial charge in [-0.15, -0.1) is 0 Å². The van der Waals surface area contributed by atoms with E-state index in [2.05, 4.69) is 5.32 Å². The fourth-order valence-electron chi connectivity index (χ4n) is 1.72. The molecule has 3 N–H and O–H groups in total. The summed E-state index contributed by atoms with van der Waals surface area (Å²) in [4.78, 5) is 0. The Hall–Kier alpha value is -1.94. The highest BCUT2D eigenvalue weighted by Crippen LogP contribution is 2.32. The van der Waals surface area contributed by atoms with Crippen LogP contribution in [0.1, 0.15) is 13.3 Å². The first-order valence-corrected chi connectivity index (χ1v) is 6.73. The van der Waals surface area contributed by atoms with Gasteiger partial charge in [0.1, 0.15) is 11.6 Å². The van der Waals surface area contributed by atoms with Crippen LogP contribution in [-0.4, -0.2) is 6.61 Å². The summed E-state index contributed by atoms with van der Waals surface area (Å²) in [5.41, 5.74) is 7.92.